The number of rotatable bonds is 6. The molecule has 1 aliphatic rings. The minimum atomic E-state index is -3.64. The summed E-state index contributed by atoms with van der Waals surface area (Å²) in [5.74, 6) is -0.975. The number of amides is 1. The van der Waals surface area contributed by atoms with Crippen LogP contribution in [0.25, 0.3) is 0 Å². The normalized spacial score (nSPS) is 18.6. The van der Waals surface area contributed by atoms with Crippen LogP contribution < -0.4 is 10.1 Å². The van der Waals surface area contributed by atoms with Crippen molar-refractivity contribution >= 4 is 33.1 Å². The van der Waals surface area contributed by atoms with E-state index in [1.807, 2.05) is 13.0 Å². The first-order valence-corrected chi connectivity index (χ1v) is 10.1. The summed E-state index contributed by atoms with van der Waals surface area (Å²) >= 11 is 1.33. The van der Waals surface area contributed by atoms with Gasteiger partial charge in [0.1, 0.15) is 6.54 Å². The van der Waals surface area contributed by atoms with Crippen molar-refractivity contribution in [2.24, 2.45) is 5.92 Å². The number of carbonyl (C=O) groups is 2. The minimum absolute atomic E-state index is 0.281. The van der Waals surface area contributed by atoms with Crippen LogP contribution in [0.5, 0.6) is 0 Å². The number of Topliss-reactive ketones (excluding diaryl/α,β-unsaturated/α-hetero) is 1. The molecule has 0 saturated carbocycles. The van der Waals surface area contributed by atoms with Crippen LogP contribution in [0.15, 0.2) is 12.1 Å². The van der Waals surface area contributed by atoms with Gasteiger partial charge in [0.05, 0.1) is 17.1 Å². The summed E-state index contributed by atoms with van der Waals surface area (Å²) < 4.78 is 23.0. The predicted molar refractivity (Wildman–Crippen MR) is 88.7 cm³/mol. The van der Waals surface area contributed by atoms with Crippen LogP contribution in [0, 0.1) is 12.8 Å². The lowest BCUT2D eigenvalue weighted by molar-refractivity contribution is -0.137. The van der Waals surface area contributed by atoms with Gasteiger partial charge in [0.25, 0.3) is 0 Å². The third kappa shape index (κ3) is 5.38. The lowest BCUT2D eigenvalue weighted by Gasteiger charge is -2.28. The molecule has 2 heterocycles. The maximum atomic E-state index is 12.6. The minimum Gasteiger partial charge on any atom is -0.316 e. The second kappa shape index (κ2) is 7.52. The highest BCUT2D eigenvalue weighted by atomic mass is 32.2. The first-order valence-electron chi connectivity index (χ1n) is 7.35. The number of aryl methyl sites for hydroxylation is 1. The molecule has 1 unspecified atom stereocenters. The zero-order valence-corrected chi connectivity index (χ0v) is 14.8. The zero-order valence-electron chi connectivity index (χ0n) is 13.2. The fourth-order valence-electron chi connectivity index (χ4n) is 2.44. The number of carbonyl (C=O) groups excluding carboxylic acids is 2. The van der Waals surface area contributed by atoms with Crippen molar-refractivity contribution < 1.29 is 18.0 Å². The van der Waals surface area contributed by atoms with Crippen LogP contribution in [-0.2, 0) is 14.8 Å². The van der Waals surface area contributed by atoms with Crippen LogP contribution in [0.1, 0.15) is 27.4 Å². The molecule has 23 heavy (non-hydrogen) atoms. The number of sulfonamides is 1. The van der Waals surface area contributed by atoms with Gasteiger partial charge in [-0.2, -0.15) is 0 Å². The van der Waals surface area contributed by atoms with Crippen LogP contribution in [0.2, 0.25) is 0 Å². The van der Waals surface area contributed by atoms with E-state index in [0.29, 0.717) is 17.8 Å². The van der Waals surface area contributed by atoms with Crippen molar-refractivity contribution in [3.63, 3.8) is 0 Å². The van der Waals surface area contributed by atoms with Crippen molar-refractivity contribution in [1.82, 2.24) is 15.2 Å². The number of thiophene rings is 1. The Labute approximate surface area is 140 Å². The molecule has 7 nitrogen and oxygen atoms in total. The van der Waals surface area contributed by atoms with E-state index in [1.165, 1.54) is 11.3 Å². The molecule has 1 atom stereocenters. The monoisotopic (exact) mass is 359 g/mol. The molecule has 0 aliphatic carbocycles. The number of piperidine rings is 1. The number of hydrogen-bond donors (Lipinski definition) is 2. The summed E-state index contributed by atoms with van der Waals surface area (Å²) in [7, 11) is -3.64. The molecule has 1 amide bonds. The van der Waals surface area contributed by atoms with Gasteiger partial charge in [-0.3, -0.25) is 14.6 Å². The van der Waals surface area contributed by atoms with Gasteiger partial charge >= 0.3 is 0 Å². The Bertz CT molecular complexity index is 678. The van der Waals surface area contributed by atoms with E-state index in [9.17, 15) is 18.0 Å². The van der Waals surface area contributed by atoms with E-state index in [4.69, 9.17) is 0 Å². The molecule has 1 aliphatic heterocycles. The molecule has 0 bridgehead atoms. The Morgan fingerprint density at radius 2 is 2.17 bits per heavy atom. The average molecular weight is 359 g/mol. The van der Waals surface area contributed by atoms with Gasteiger partial charge in [-0.25, -0.2) is 8.42 Å². The van der Waals surface area contributed by atoms with Gasteiger partial charge in [-0.1, -0.05) is 0 Å². The second-order valence-electron chi connectivity index (χ2n) is 5.66. The van der Waals surface area contributed by atoms with Crippen LogP contribution >= 0.6 is 11.3 Å². The Balaban J connectivity index is 2.13. The van der Waals surface area contributed by atoms with Crippen molar-refractivity contribution in [3.05, 3.63) is 21.9 Å². The Kier molecular flexibility index (Phi) is 5.90. The topological polar surface area (TPSA) is 95.6 Å². The molecule has 0 spiro atoms. The van der Waals surface area contributed by atoms with Crippen molar-refractivity contribution in [2.45, 2.75) is 19.8 Å². The Hall–Kier alpha value is -1.29. The number of hydrazine groups is 1. The summed E-state index contributed by atoms with van der Waals surface area (Å²) in [6.07, 6.45) is 2.49. The smallest absolute Gasteiger partial charge is 0.242 e. The zero-order chi connectivity index (χ0) is 17.0. The number of hydrogen-bond acceptors (Lipinski definition) is 6. The van der Waals surface area contributed by atoms with E-state index in [0.717, 1.165) is 29.1 Å². The van der Waals surface area contributed by atoms with Gasteiger partial charge in [-0.05, 0) is 38.4 Å². The molecule has 1 aromatic heterocycles. The van der Waals surface area contributed by atoms with Gasteiger partial charge in [0.2, 0.25) is 15.9 Å². The predicted octanol–water partition coefficient (Wildman–Crippen LogP) is 0.532. The third-order valence-electron chi connectivity index (χ3n) is 3.51. The molecule has 2 N–H and O–H groups in total. The third-order valence-corrected chi connectivity index (χ3v) is 5.10. The van der Waals surface area contributed by atoms with Crippen molar-refractivity contribution in [3.8, 4) is 0 Å². The molecule has 0 aromatic carbocycles. The molecule has 1 aromatic rings. The highest BCUT2D eigenvalue weighted by molar-refractivity contribution is 7.88. The van der Waals surface area contributed by atoms with Gasteiger partial charge in [-0.15, -0.1) is 16.2 Å². The van der Waals surface area contributed by atoms with Crippen LogP contribution in [0.4, 0.5) is 0 Å². The molecule has 0 radical (unpaired) electrons. The van der Waals surface area contributed by atoms with Gasteiger partial charge in [0, 0.05) is 11.4 Å². The molecule has 1 saturated heterocycles. The summed E-state index contributed by atoms with van der Waals surface area (Å²) in [5, 5.41) is 4.05. The van der Waals surface area contributed by atoms with E-state index in [2.05, 4.69) is 10.1 Å². The lowest BCUT2D eigenvalue weighted by Crippen LogP contribution is -2.52. The summed E-state index contributed by atoms with van der Waals surface area (Å²) in [5.41, 5.74) is 0. The largest absolute Gasteiger partial charge is 0.316 e. The highest BCUT2D eigenvalue weighted by Crippen LogP contribution is 2.17. The lowest BCUT2D eigenvalue weighted by atomic mass is 9.98. The van der Waals surface area contributed by atoms with Gasteiger partial charge < -0.3 is 5.32 Å². The fraction of sp³-hybridized carbons (Fsp3) is 0.571. The fourth-order valence-corrected chi connectivity index (χ4v) is 3.80. The van der Waals surface area contributed by atoms with Crippen LogP contribution in [-0.4, -0.2) is 51.0 Å². The quantitative estimate of drug-likeness (QED) is 0.571. The van der Waals surface area contributed by atoms with Crippen LogP contribution in [0.3, 0.4) is 0 Å². The standard InChI is InChI=1S/C14H21N3O4S2/c1-10-5-6-13(22-10)12(18)9-17(16-23(2,20)21)14(19)11-4-3-7-15-8-11/h5-6,11,15-16H,3-4,7-9H2,1-2H3. The van der Waals surface area contributed by atoms with E-state index in [-0.39, 0.29) is 24.2 Å². The maximum absolute atomic E-state index is 12.6. The highest BCUT2D eigenvalue weighted by Gasteiger charge is 2.29. The number of ketones is 1. The average Bonchev–Trinajstić information content (AvgIpc) is 2.92. The summed E-state index contributed by atoms with van der Waals surface area (Å²) in [6.45, 7) is 2.92. The Morgan fingerprint density at radius 1 is 1.43 bits per heavy atom. The van der Waals surface area contributed by atoms with Crippen molar-refractivity contribution in [1.29, 1.82) is 0 Å². The first-order chi connectivity index (χ1) is 10.8. The summed E-state index contributed by atoms with van der Waals surface area (Å²) in [4.78, 5) is 28.5. The second-order valence-corrected chi connectivity index (χ2v) is 8.68. The number of nitrogens with zero attached hydrogens (tertiary/aromatic N) is 1. The molecule has 9 heteroatoms. The molecule has 1 fully saturated rings. The molecule has 2 rings (SSSR count). The van der Waals surface area contributed by atoms with E-state index < -0.39 is 10.0 Å². The molecular formula is C14H21N3O4S2. The SMILES string of the molecule is Cc1ccc(C(=O)CN(NS(C)(=O)=O)C(=O)C2CCCNC2)s1. The molecule has 128 valence electrons. The van der Waals surface area contributed by atoms with E-state index in [1.54, 1.807) is 6.07 Å². The van der Waals surface area contributed by atoms with Crippen molar-refractivity contribution in [2.75, 3.05) is 25.9 Å². The Morgan fingerprint density at radius 3 is 2.70 bits per heavy atom. The maximum Gasteiger partial charge on any atom is 0.242 e. The van der Waals surface area contributed by atoms with E-state index >= 15 is 0 Å². The van der Waals surface area contributed by atoms with Gasteiger partial charge in [0.15, 0.2) is 5.78 Å². The molecular weight excluding hydrogens is 338 g/mol. The summed E-state index contributed by atoms with van der Waals surface area (Å²) in [6, 6.07) is 3.51. The number of nitrogens with one attached hydrogen (secondary N) is 2. The first kappa shape index (κ1) is 18.1.